The fraction of sp³-hybridized carbons (Fsp3) is 0.400. The van der Waals surface area contributed by atoms with Gasteiger partial charge in [-0.25, -0.2) is 0 Å². The Morgan fingerprint density at radius 3 is 2.27 bits per heavy atom. The van der Waals surface area contributed by atoms with E-state index < -0.39 is 0 Å². The molecule has 0 aliphatic carbocycles. The highest BCUT2D eigenvalue weighted by molar-refractivity contribution is 6.25. The van der Waals surface area contributed by atoms with E-state index in [4.69, 9.17) is 11.6 Å². The lowest BCUT2D eigenvalue weighted by molar-refractivity contribution is 1.26. The van der Waals surface area contributed by atoms with Crippen LogP contribution in [0.1, 0.15) is 27.2 Å². The van der Waals surface area contributed by atoms with E-state index in [0.29, 0.717) is 0 Å². The van der Waals surface area contributed by atoms with Gasteiger partial charge in [0.25, 0.3) is 0 Å². The van der Waals surface area contributed by atoms with Gasteiger partial charge in [0.1, 0.15) is 0 Å². The van der Waals surface area contributed by atoms with Crippen molar-refractivity contribution in [2.45, 2.75) is 27.2 Å². The predicted octanol–water partition coefficient (Wildman–Crippen LogP) is 4.04. The molecule has 0 saturated heterocycles. The van der Waals surface area contributed by atoms with Crippen LogP contribution in [0.2, 0.25) is 0 Å². The monoisotopic (exact) mass is 170 g/mol. The van der Waals surface area contributed by atoms with Crippen molar-refractivity contribution in [3.8, 4) is 0 Å². The van der Waals surface area contributed by atoms with Crippen LogP contribution in [0.4, 0.5) is 0 Å². The summed E-state index contributed by atoms with van der Waals surface area (Å²) in [5.41, 5.74) is 4.09. The van der Waals surface area contributed by atoms with E-state index in [0.717, 1.165) is 6.42 Å². The molecule has 0 amide bonds. The van der Waals surface area contributed by atoms with E-state index in [9.17, 15) is 0 Å². The van der Waals surface area contributed by atoms with Crippen LogP contribution in [0.5, 0.6) is 0 Å². The molecule has 0 aromatic heterocycles. The predicted molar refractivity (Wildman–Crippen MR) is 52.8 cm³/mol. The third-order valence-electron chi connectivity index (χ3n) is 1.29. The average molecular weight is 171 g/mol. The quantitative estimate of drug-likeness (QED) is 0.443. The Labute approximate surface area is 74.3 Å². The molecule has 0 spiro atoms. The molecular weight excluding hydrogens is 156 g/mol. The van der Waals surface area contributed by atoms with E-state index in [1.54, 1.807) is 0 Å². The van der Waals surface area contributed by atoms with Crippen molar-refractivity contribution in [1.82, 2.24) is 0 Å². The number of hydrogen-bond acceptors (Lipinski definition) is 0. The van der Waals surface area contributed by atoms with Gasteiger partial charge < -0.3 is 0 Å². The normalized spacial score (nSPS) is 12.2. The van der Waals surface area contributed by atoms with E-state index >= 15 is 0 Å². The highest BCUT2D eigenvalue weighted by Gasteiger charge is 1.79. The van der Waals surface area contributed by atoms with E-state index in [2.05, 4.69) is 26.0 Å². The molecule has 0 rings (SSSR count). The zero-order valence-corrected chi connectivity index (χ0v) is 8.15. The molecule has 62 valence electrons. The maximum absolute atomic E-state index is 5.40. The van der Waals surface area contributed by atoms with Crippen LogP contribution in [-0.4, -0.2) is 0 Å². The van der Waals surface area contributed by atoms with E-state index in [1.807, 2.05) is 13.0 Å². The summed E-state index contributed by atoms with van der Waals surface area (Å²) in [5.74, 6) is 0. The highest BCUT2D eigenvalue weighted by Crippen LogP contribution is 2.01. The van der Waals surface area contributed by atoms with Gasteiger partial charge in [-0.2, -0.15) is 0 Å². The lowest BCUT2D eigenvalue weighted by Crippen LogP contribution is -1.68. The minimum atomic E-state index is 0.995. The molecule has 0 nitrogen and oxygen atoms in total. The molecule has 0 aliphatic heterocycles. The Balaban J connectivity index is 3.83. The third-order valence-corrected chi connectivity index (χ3v) is 1.42. The van der Waals surface area contributed by atoms with Gasteiger partial charge >= 0.3 is 0 Å². The van der Waals surface area contributed by atoms with Crippen molar-refractivity contribution in [1.29, 1.82) is 0 Å². The third kappa shape index (κ3) is 7.41. The molecular formula is C10H15Cl. The SMILES string of the molecule is CC(C)=CC/C=C(C)/C=C/Cl. The van der Waals surface area contributed by atoms with Gasteiger partial charge in [0.15, 0.2) is 0 Å². The second-order valence-corrected chi connectivity index (χ2v) is 3.01. The lowest BCUT2D eigenvalue weighted by atomic mass is 10.2. The number of rotatable bonds is 3. The van der Waals surface area contributed by atoms with Crippen LogP contribution < -0.4 is 0 Å². The molecule has 0 heterocycles. The molecule has 0 aromatic carbocycles. The van der Waals surface area contributed by atoms with Gasteiger partial charge in [-0.05, 0) is 33.3 Å². The maximum atomic E-state index is 5.40. The molecule has 0 aromatic rings. The van der Waals surface area contributed by atoms with Gasteiger partial charge in [-0.3, -0.25) is 0 Å². The van der Waals surface area contributed by atoms with Gasteiger partial charge in [-0.15, -0.1) is 0 Å². The summed E-state index contributed by atoms with van der Waals surface area (Å²) < 4.78 is 0. The van der Waals surface area contributed by atoms with Gasteiger partial charge in [-0.1, -0.05) is 34.9 Å². The molecule has 0 aliphatic rings. The largest absolute Gasteiger partial charge is 0.0929 e. The van der Waals surface area contributed by atoms with Crippen molar-refractivity contribution in [2.24, 2.45) is 0 Å². The second-order valence-electron chi connectivity index (χ2n) is 2.76. The van der Waals surface area contributed by atoms with Gasteiger partial charge in [0, 0.05) is 5.54 Å². The van der Waals surface area contributed by atoms with Crippen LogP contribution in [0.15, 0.2) is 34.9 Å². The summed E-state index contributed by atoms with van der Waals surface area (Å²) in [7, 11) is 0. The first-order chi connectivity index (χ1) is 5.16. The van der Waals surface area contributed by atoms with Gasteiger partial charge in [0.2, 0.25) is 0 Å². The summed E-state index contributed by atoms with van der Waals surface area (Å²) >= 11 is 5.40. The van der Waals surface area contributed by atoms with Crippen molar-refractivity contribution in [2.75, 3.05) is 0 Å². The minimum absolute atomic E-state index is 0.995. The Hall–Kier alpha value is -0.490. The second kappa shape index (κ2) is 6.23. The molecule has 1 heteroatoms. The molecule has 0 atom stereocenters. The molecule has 0 saturated carbocycles. The van der Waals surface area contributed by atoms with E-state index in [1.165, 1.54) is 16.7 Å². The van der Waals surface area contributed by atoms with E-state index in [-0.39, 0.29) is 0 Å². The standard InChI is InChI=1S/C10H15Cl/c1-9(2)5-4-6-10(3)7-8-11/h5-8H,4H2,1-3H3/b8-7+,10-6+. The van der Waals surface area contributed by atoms with Crippen LogP contribution >= 0.6 is 11.6 Å². The summed E-state index contributed by atoms with van der Waals surface area (Å²) in [6.07, 6.45) is 7.22. The molecule has 0 radical (unpaired) electrons. The van der Waals surface area contributed by atoms with Crippen LogP contribution in [0.25, 0.3) is 0 Å². The van der Waals surface area contributed by atoms with Crippen molar-refractivity contribution in [3.63, 3.8) is 0 Å². The first-order valence-electron chi connectivity index (χ1n) is 3.73. The Bertz CT molecular complexity index is 181. The fourth-order valence-corrected chi connectivity index (χ4v) is 0.847. The summed E-state index contributed by atoms with van der Waals surface area (Å²) in [5, 5.41) is 0. The zero-order valence-electron chi connectivity index (χ0n) is 7.39. The molecule has 0 unspecified atom stereocenters. The fourth-order valence-electron chi connectivity index (χ4n) is 0.648. The Kier molecular flexibility index (Phi) is 5.96. The number of hydrogen-bond donors (Lipinski definition) is 0. The maximum Gasteiger partial charge on any atom is 0.00449 e. The highest BCUT2D eigenvalue weighted by atomic mass is 35.5. The Morgan fingerprint density at radius 2 is 1.82 bits per heavy atom. The first kappa shape index (κ1) is 10.5. The average Bonchev–Trinajstić information content (AvgIpc) is 1.87. The van der Waals surface area contributed by atoms with Crippen molar-refractivity contribution >= 4 is 11.6 Å². The zero-order chi connectivity index (χ0) is 8.69. The van der Waals surface area contributed by atoms with Gasteiger partial charge in [0.05, 0.1) is 0 Å². The molecule has 11 heavy (non-hydrogen) atoms. The van der Waals surface area contributed by atoms with Crippen LogP contribution in [-0.2, 0) is 0 Å². The molecule has 0 fully saturated rings. The first-order valence-corrected chi connectivity index (χ1v) is 4.17. The minimum Gasteiger partial charge on any atom is -0.0929 e. The summed E-state index contributed by atoms with van der Waals surface area (Å²) in [6, 6.07) is 0. The van der Waals surface area contributed by atoms with Crippen molar-refractivity contribution < 1.29 is 0 Å². The topological polar surface area (TPSA) is 0 Å². The van der Waals surface area contributed by atoms with Crippen LogP contribution in [0.3, 0.4) is 0 Å². The lowest BCUT2D eigenvalue weighted by Gasteiger charge is -1.89. The summed E-state index contributed by atoms with van der Waals surface area (Å²) in [4.78, 5) is 0. The summed E-state index contributed by atoms with van der Waals surface area (Å²) in [6.45, 7) is 6.23. The Morgan fingerprint density at radius 1 is 1.18 bits per heavy atom. The smallest absolute Gasteiger partial charge is 0.00449 e. The molecule has 0 N–H and O–H groups in total. The number of halogens is 1. The van der Waals surface area contributed by atoms with Crippen molar-refractivity contribution in [3.05, 3.63) is 34.9 Å². The van der Waals surface area contributed by atoms with Crippen LogP contribution in [0, 0.1) is 0 Å². The molecule has 0 bridgehead atoms. The number of allylic oxidation sites excluding steroid dienone is 5.